The third-order valence-corrected chi connectivity index (χ3v) is 5.10. The number of aliphatic carboxylic acids is 1. The summed E-state index contributed by atoms with van der Waals surface area (Å²) in [6, 6.07) is 0.514. The summed E-state index contributed by atoms with van der Waals surface area (Å²) in [6.45, 7) is 0. The van der Waals surface area contributed by atoms with Crippen molar-refractivity contribution in [1.82, 2.24) is 14.8 Å². The van der Waals surface area contributed by atoms with Gasteiger partial charge < -0.3 is 9.67 Å². The van der Waals surface area contributed by atoms with Gasteiger partial charge in [-0.2, -0.15) is 0 Å². The summed E-state index contributed by atoms with van der Waals surface area (Å²) < 4.78 is 2.21. The van der Waals surface area contributed by atoms with Gasteiger partial charge in [-0.3, -0.25) is 4.79 Å². The molecule has 0 amide bonds. The van der Waals surface area contributed by atoms with Gasteiger partial charge in [0.05, 0.1) is 5.75 Å². The third-order valence-electron chi connectivity index (χ3n) is 4.17. The molecule has 0 bridgehead atoms. The van der Waals surface area contributed by atoms with E-state index in [1.165, 1.54) is 56.7 Å². The van der Waals surface area contributed by atoms with Gasteiger partial charge in [-0.15, -0.1) is 10.2 Å². The molecule has 2 saturated carbocycles. The van der Waals surface area contributed by atoms with Gasteiger partial charge in [0.15, 0.2) is 5.16 Å². The number of carboxylic acids is 1. The molecule has 1 heterocycles. The van der Waals surface area contributed by atoms with E-state index in [0.717, 1.165) is 23.3 Å². The topological polar surface area (TPSA) is 68.0 Å². The standard InChI is InChI=1S/C14H21N3O2S/c18-13(19)9-20-14-16-15-12(17(14)11-6-7-11)8-10-4-2-1-3-5-10/h10-11H,1-9H2,(H,18,19). The zero-order valence-corrected chi connectivity index (χ0v) is 12.4. The zero-order chi connectivity index (χ0) is 13.9. The Morgan fingerprint density at radius 1 is 1.20 bits per heavy atom. The van der Waals surface area contributed by atoms with E-state index < -0.39 is 5.97 Å². The molecule has 5 nitrogen and oxygen atoms in total. The Balaban J connectivity index is 1.71. The predicted molar refractivity (Wildman–Crippen MR) is 76.9 cm³/mol. The molecule has 0 unspecified atom stereocenters. The normalized spacial score (nSPS) is 20.2. The van der Waals surface area contributed by atoms with Crippen LogP contribution in [-0.4, -0.2) is 31.6 Å². The van der Waals surface area contributed by atoms with Crippen LogP contribution in [0.3, 0.4) is 0 Å². The van der Waals surface area contributed by atoms with Gasteiger partial charge in [-0.25, -0.2) is 0 Å². The maximum Gasteiger partial charge on any atom is 0.313 e. The van der Waals surface area contributed by atoms with E-state index in [-0.39, 0.29) is 5.75 Å². The second kappa shape index (κ2) is 6.16. The lowest BCUT2D eigenvalue weighted by Gasteiger charge is -2.21. The second-order valence-electron chi connectivity index (χ2n) is 5.89. The predicted octanol–water partition coefficient (Wildman–Crippen LogP) is 2.91. The lowest BCUT2D eigenvalue weighted by molar-refractivity contribution is -0.133. The number of carbonyl (C=O) groups is 1. The maximum absolute atomic E-state index is 10.7. The lowest BCUT2D eigenvalue weighted by atomic mass is 9.87. The minimum absolute atomic E-state index is 0.0638. The largest absolute Gasteiger partial charge is 0.481 e. The van der Waals surface area contributed by atoms with Crippen molar-refractivity contribution in [2.75, 3.05) is 5.75 Å². The van der Waals surface area contributed by atoms with Crippen molar-refractivity contribution in [3.05, 3.63) is 5.82 Å². The highest BCUT2D eigenvalue weighted by Gasteiger charge is 2.30. The summed E-state index contributed by atoms with van der Waals surface area (Å²) in [7, 11) is 0. The molecule has 3 rings (SSSR count). The van der Waals surface area contributed by atoms with E-state index in [9.17, 15) is 4.79 Å². The Bertz CT molecular complexity index is 479. The summed E-state index contributed by atoms with van der Waals surface area (Å²) in [5, 5.41) is 18.2. The van der Waals surface area contributed by atoms with Crippen molar-refractivity contribution in [2.24, 2.45) is 5.92 Å². The van der Waals surface area contributed by atoms with Crippen LogP contribution >= 0.6 is 11.8 Å². The molecule has 2 aliphatic carbocycles. The number of hydrogen-bond donors (Lipinski definition) is 1. The lowest BCUT2D eigenvalue weighted by Crippen LogP contribution is -2.13. The average molecular weight is 295 g/mol. The van der Waals surface area contributed by atoms with Crippen molar-refractivity contribution in [3.63, 3.8) is 0 Å². The molecular weight excluding hydrogens is 274 g/mol. The van der Waals surface area contributed by atoms with E-state index in [0.29, 0.717) is 6.04 Å². The number of thioether (sulfide) groups is 1. The second-order valence-corrected chi connectivity index (χ2v) is 6.83. The van der Waals surface area contributed by atoms with Crippen LogP contribution in [0.2, 0.25) is 0 Å². The maximum atomic E-state index is 10.7. The smallest absolute Gasteiger partial charge is 0.313 e. The molecule has 2 fully saturated rings. The van der Waals surface area contributed by atoms with E-state index in [4.69, 9.17) is 5.11 Å². The van der Waals surface area contributed by atoms with Crippen molar-refractivity contribution in [1.29, 1.82) is 0 Å². The van der Waals surface area contributed by atoms with Crippen molar-refractivity contribution in [3.8, 4) is 0 Å². The van der Waals surface area contributed by atoms with Gasteiger partial charge >= 0.3 is 5.97 Å². The monoisotopic (exact) mass is 295 g/mol. The van der Waals surface area contributed by atoms with Crippen molar-refractivity contribution in [2.45, 2.75) is 62.6 Å². The third kappa shape index (κ3) is 3.34. The molecule has 6 heteroatoms. The van der Waals surface area contributed by atoms with Crippen LogP contribution in [0.1, 0.15) is 56.8 Å². The molecule has 1 aromatic rings. The van der Waals surface area contributed by atoms with E-state index in [2.05, 4.69) is 14.8 Å². The fraction of sp³-hybridized carbons (Fsp3) is 0.786. The SMILES string of the molecule is O=C(O)CSc1nnc(CC2CCCCC2)n1C1CC1. The summed E-state index contributed by atoms with van der Waals surface area (Å²) in [5.74, 6) is 1.08. The van der Waals surface area contributed by atoms with Gasteiger partial charge in [0.25, 0.3) is 0 Å². The van der Waals surface area contributed by atoms with Gasteiger partial charge in [-0.05, 0) is 18.8 Å². The fourth-order valence-corrected chi connectivity index (χ4v) is 3.76. The van der Waals surface area contributed by atoms with E-state index in [1.54, 1.807) is 0 Å². The first-order valence-corrected chi connectivity index (χ1v) is 8.51. The summed E-state index contributed by atoms with van der Waals surface area (Å²) in [4.78, 5) is 10.7. The minimum atomic E-state index is -0.797. The first kappa shape index (κ1) is 13.9. The molecule has 0 saturated heterocycles. The van der Waals surface area contributed by atoms with Crippen LogP contribution in [0.25, 0.3) is 0 Å². The summed E-state index contributed by atoms with van der Waals surface area (Å²) in [5.41, 5.74) is 0. The molecule has 2 aliphatic rings. The Morgan fingerprint density at radius 2 is 1.95 bits per heavy atom. The highest BCUT2D eigenvalue weighted by atomic mass is 32.2. The van der Waals surface area contributed by atoms with Crippen LogP contribution in [0.5, 0.6) is 0 Å². The fourth-order valence-electron chi connectivity index (χ4n) is 3.02. The van der Waals surface area contributed by atoms with E-state index >= 15 is 0 Å². The molecule has 1 aromatic heterocycles. The van der Waals surface area contributed by atoms with Crippen LogP contribution in [0.4, 0.5) is 0 Å². The van der Waals surface area contributed by atoms with Gasteiger partial charge in [0, 0.05) is 12.5 Å². The van der Waals surface area contributed by atoms with Gasteiger partial charge in [0.2, 0.25) is 0 Å². The number of aromatic nitrogens is 3. The quantitative estimate of drug-likeness (QED) is 0.817. The minimum Gasteiger partial charge on any atom is -0.481 e. The molecule has 0 aliphatic heterocycles. The van der Waals surface area contributed by atoms with Crippen LogP contribution in [0, 0.1) is 5.92 Å². The molecule has 110 valence electrons. The first-order valence-electron chi connectivity index (χ1n) is 7.52. The van der Waals surface area contributed by atoms with E-state index in [1.807, 2.05) is 0 Å². The van der Waals surface area contributed by atoms with Crippen molar-refractivity contribution < 1.29 is 9.90 Å². The van der Waals surface area contributed by atoms with Crippen molar-refractivity contribution >= 4 is 17.7 Å². The first-order chi connectivity index (χ1) is 9.74. The molecular formula is C14H21N3O2S. The molecule has 0 aromatic carbocycles. The van der Waals surface area contributed by atoms with Gasteiger partial charge in [-0.1, -0.05) is 43.9 Å². The zero-order valence-electron chi connectivity index (χ0n) is 11.6. The summed E-state index contributed by atoms with van der Waals surface area (Å²) in [6.07, 6.45) is 10.0. The number of nitrogens with zero attached hydrogens (tertiary/aromatic N) is 3. The molecule has 1 N–H and O–H groups in total. The van der Waals surface area contributed by atoms with Crippen LogP contribution < -0.4 is 0 Å². The molecule has 0 radical (unpaired) electrons. The molecule has 0 spiro atoms. The Labute approximate surface area is 123 Å². The van der Waals surface area contributed by atoms with Crippen LogP contribution in [0.15, 0.2) is 5.16 Å². The Kier molecular flexibility index (Phi) is 4.29. The molecule has 0 atom stereocenters. The highest BCUT2D eigenvalue weighted by Crippen LogP contribution is 2.39. The Hall–Kier alpha value is -1.04. The summed E-state index contributed by atoms with van der Waals surface area (Å²) >= 11 is 1.30. The number of rotatable bonds is 6. The Morgan fingerprint density at radius 3 is 2.60 bits per heavy atom. The number of carboxylic acid groups (broad SMARTS) is 1. The number of hydrogen-bond acceptors (Lipinski definition) is 4. The average Bonchev–Trinajstić information content (AvgIpc) is 3.20. The highest BCUT2D eigenvalue weighted by molar-refractivity contribution is 7.99. The van der Waals surface area contributed by atoms with Crippen LogP contribution in [-0.2, 0) is 11.2 Å². The molecule has 20 heavy (non-hydrogen) atoms. The van der Waals surface area contributed by atoms with Gasteiger partial charge in [0.1, 0.15) is 5.82 Å².